The molecule has 0 unspecified atom stereocenters. The molecule has 0 fully saturated rings. The molecule has 26 heavy (non-hydrogen) atoms. The number of amides is 1. The van der Waals surface area contributed by atoms with Gasteiger partial charge in [-0.05, 0) is 23.3 Å². The SMILES string of the molecule is O=C(CNc1ccccc1Cl)NCc1ccc(COCC(F)(F)F)cc1. The van der Waals surface area contributed by atoms with Crippen molar-refractivity contribution in [2.45, 2.75) is 19.3 Å². The van der Waals surface area contributed by atoms with Gasteiger partial charge in [-0.25, -0.2) is 0 Å². The van der Waals surface area contributed by atoms with E-state index in [1.54, 1.807) is 42.5 Å². The third kappa shape index (κ3) is 7.33. The van der Waals surface area contributed by atoms with Gasteiger partial charge in [0.25, 0.3) is 0 Å². The molecule has 0 radical (unpaired) electrons. The van der Waals surface area contributed by atoms with Crippen LogP contribution in [0.1, 0.15) is 11.1 Å². The molecule has 2 N–H and O–H groups in total. The second-order valence-electron chi connectivity index (χ2n) is 5.53. The molecule has 1 amide bonds. The fourth-order valence-electron chi connectivity index (χ4n) is 2.08. The molecule has 0 atom stereocenters. The van der Waals surface area contributed by atoms with Gasteiger partial charge in [0, 0.05) is 6.54 Å². The predicted molar refractivity (Wildman–Crippen MR) is 93.9 cm³/mol. The third-order valence-corrected chi connectivity index (χ3v) is 3.69. The molecule has 0 saturated carbocycles. The summed E-state index contributed by atoms with van der Waals surface area (Å²) in [5.41, 5.74) is 2.13. The normalized spacial score (nSPS) is 11.2. The molecule has 0 aliphatic rings. The molecule has 0 heterocycles. The third-order valence-electron chi connectivity index (χ3n) is 3.36. The summed E-state index contributed by atoms with van der Waals surface area (Å²) in [5, 5.41) is 6.22. The maximum atomic E-state index is 12.0. The maximum absolute atomic E-state index is 12.0. The van der Waals surface area contributed by atoms with Crippen LogP contribution in [-0.2, 0) is 22.7 Å². The van der Waals surface area contributed by atoms with Crippen molar-refractivity contribution >= 4 is 23.2 Å². The van der Waals surface area contributed by atoms with Crippen molar-refractivity contribution in [3.63, 3.8) is 0 Å². The Labute approximate surface area is 154 Å². The van der Waals surface area contributed by atoms with Crippen LogP contribution in [0.25, 0.3) is 0 Å². The molecule has 140 valence electrons. The number of ether oxygens (including phenoxy) is 1. The Balaban J connectivity index is 1.72. The number of rotatable bonds is 8. The monoisotopic (exact) mass is 386 g/mol. The van der Waals surface area contributed by atoms with E-state index in [0.29, 0.717) is 22.8 Å². The molecule has 2 rings (SSSR count). The summed E-state index contributed by atoms with van der Waals surface area (Å²) in [5.74, 6) is -0.206. The van der Waals surface area contributed by atoms with Gasteiger partial charge in [0.1, 0.15) is 6.61 Å². The lowest BCUT2D eigenvalue weighted by atomic mass is 10.1. The summed E-state index contributed by atoms with van der Waals surface area (Å²) in [7, 11) is 0. The Morgan fingerprint density at radius 1 is 1.04 bits per heavy atom. The quantitative estimate of drug-likeness (QED) is 0.716. The first-order valence-electron chi connectivity index (χ1n) is 7.81. The number of hydrogen-bond acceptors (Lipinski definition) is 3. The van der Waals surface area contributed by atoms with E-state index in [2.05, 4.69) is 15.4 Å². The molecule has 0 aliphatic heterocycles. The van der Waals surface area contributed by atoms with E-state index in [1.165, 1.54) is 0 Å². The van der Waals surface area contributed by atoms with E-state index in [4.69, 9.17) is 11.6 Å². The molecule has 0 aromatic heterocycles. The lowest BCUT2D eigenvalue weighted by molar-refractivity contribution is -0.176. The van der Waals surface area contributed by atoms with Gasteiger partial charge in [-0.3, -0.25) is 4.79 Å². The van der Waals surface area contributed by atoms with Gasteiger partial charge < -0.3 is 15.4 Å². The van der Waals surface area contributed by atoms with Crippen LogP contribution in [0, 0.1) is 0 Å². The highest BCUT2D eigenvalue weighted by Gasteiger charge is 2.27. The Bertz CT molecular complexity index is 721. The number of carbonyl (C=O) groups is 1. The fraction of sp³-hybridized carbons (Fsp3) is 0.278. The molecule has 8 heteroatoms. The minimum Gasteiger partial charge on any atom is -0.375 e. The van der Waals surface area contributed by atoms with Crippen LogP contribution in [0.5, 0.6) is 0 Å². The Kier molecular flexibility index (Phi) is 7.29. The zero-order valence-corrected chi connectivity index (χ0v) is 14.5. The van der Waals surface area contributed by atoms with E-state index in [1.807, 2.05) is 6.07 Å². The minimum atomic E-state index is -4.33. The first kappa shape index (κ1) is 20.1. The Morgan fingerprint density at radius 2 is 1.69 bits per heavy atom. The highest BCUT2D eigenvalue weighted by molar-refractivity contribution is 6.33. The van der Waals surface area contributed by atoms with Crippen molar-refractivity contribution in [1.29, 1.82) is 0 Å². The molecular formula is C18H18ClF3N2O2. The van der Waals surface area contributed by atoms with E-state index < -0.39 is 12.8 Å². The topological polar surface area (TPSA) is 50.4 Å². The van der Waals surface area contributed by atoms with Crippen LogP contribution in [-0.4, -0.2) is 25.2 Å². The second kappa shape index (κ2) is 9.45. The first-order valence-corrected chi connectivity index (χ1v) is 8.19. The number of alkyl halides is 3. The van der Waals surface area contributed by atoms with Crippen molar-refractivity contribution in [2.24, 2.45) is 0 Å². The summed E-state index contributed by atoms with van der Waals surface area (Å²) in [4.78, 5) is 11.9. The van der Waals surface area contributed by atoms with Gasteiger partial charge >= 0.3 is 6.18 Å². The fourth-order valence-corrected chi connectivity index (χ4v) is 2.28. The van der Waals surface area contributed by atoms with Gasteiger partial charge in [0.05, 0.1) is 23.9 Å². The highest BCUT2D eigenvalue weighted by Crippen LogP contribution is 2.20. The maximum Gasteiger partial charge on any atom is 0.411 e. The molecular weight excluding hydrogens is 369 g/mol. The summed E-state index contributed by atoms with van der Waals surface area (Å²) >= 11 is 5.99. The van der Waals surface area contributed by atoms with E-state index in [9.17, 15) is 18.0 Å². The molecule has 2 aromatic carbocycles. The molecule has 4 nitrogen and oxygen atoms in total. The van der Waals surface area contributed by atoms with Crippen LogP contribution in [0.2, 0.25) is 5.02 Å². The smallest absolute Gasteiger partial charge is 0.375 e. The minimum absolute atomic E-state index is 0.0765. The van der Waals surface area contributed by atoms with Crippen molar-refractivity contribution < 1.29 is 22.7 Å². The number of halogens is 4. The lowest BCUT2D eigenvalue weighted by Gasteiger charge is -2.10. The van der Waals surface area contributed by atoms with Crippen LogP contribution in [0.3, 0.4) is 0 Å². The number of nitrogens with one attached hydrogen (secondary N) is 2. The van der Waals surface area contributed by atoms with Gasteiger partial charge in [0.2, 0.25) is 5.91 Å². The Hall–Kier alpha value is -2.25. The van der Waals surface area contributed by atoms with Crippen LogP contribution >= 0.6 is 11.6 Å². The summed E-state index contributed by atoms with van der Waals surface area (Å²) < 4.78 is 40.6. The number of hydrogen-bond donors (Lipinski definition) is 2. The zero-order chi connectivity index (χ0) is 19.0. The van der Waals surface area contributed by atoms with Crippen molar-refractivity contribution in [2.75, 3.05) is 18.5 Å². The molecule has 0 spiro atoms. The molecule has 0 aliphatic carbocycles. The average Bonchev–Trinajstić information content (AvgIpc) is 2.59. The van der Waals surface area contributed by atoms with Gasteiger partial charge in [-0.1, -0.05) is 48.0 Å². The average molecular weight is 387 g/mol. The summed E-state index contributed by atoms with van der Waals surface area (Å²) in [6.07, 6.45) is -4.33. The zero-order valence-electron chi connectivity index (χ0n) is 13.8. The Morgan fingerprint density at radius 3 is 2.35 bits per heavy atom. The first-order chi connectivity index (χ1) is 12.3. The van der Waals surface area contributed by atoms with Gasteiger partial charge in [0.15, 0.2) is 0 Å². The van der Waals surface area contributed by atoms with Crippen LogP contribution < -0.4 is 10.6 Å². The van der Waals surface area contributed by atoms with Crippen molar-refractivity contribution in [3.05, 3.63) is 64.7 Å². The van der Waals surface area contributed by atoms with Gasteiger partial charge in [-0.2, -0.15) is 13.2 Å². The predicted octanol–water partition coefficient (Wildman–Crippen LogP) is 4.15. The largest absolute Gasteiger partial charge is 0.411 e. The van der Waals surface area contributed by atoms with Gasteiger partial charge in [-0.15, -0.1) is 0 Å². The van der Waals surface area contributed by atoms with Crippen molar-refractivity contribution in [3.8, 4) is 0 Å². The highest BCUT2D eigenvalue weighted by atomic mass is 35.5. The van der Waals surface area contributed by atoms with E-state index in [0.717, 1.165) is 5.56 Å². The lowest BCUT2D eigenvalue weighted by Crippen LogP contribution is -2.29. The standard InChI is InChI=1S/C18H18ClF3N2O2/c19-15-3-1-2-4-16(15)23-10-17(25)24-9-13-5-7-14(8-6-13)11-26-12-18(20,21)22/h1-8,23H,9-12H2,(H,24,25). The second-order valence-corrected chi connectivity index (χ2v) is 5.94. The molecule has 0 saturated heterocycles. The van der Waals surface area contributed by atoms with Crippen LogP contribution in [0.15, 0.2) is 48.5 Å². The molecule has 2 aromatic rings. The van der Waals surface area contributed by atoms with Crippen molar-refractivity contribution in [1.82, 2.24) is 5.32 Å². The number of benzene rings is 2. The number of para-hydroxylation sites is 1. The molecule has 0 bridgehead atoms. The van der Waals surface area contributed by atoms with Crippen LogP contribution in [0.4, 0.5) is 18.9 Å². The van der Waals surface area contributed by atoms with E-state index >= 15 is 0 Å². The summed E-state index contributed by atoms with van der Waals surface area (Å²) in [6, 6.07) is 13.9. The summed E-state index contributed by atoms with van der Waals surface area (Å²) in [6.45, 7) is -1.00. The van der Waals surface area contributed by atoms with E-state index in [-0.39, 0.29) is 19.1 Å². The number of carbonyl (C=O) groups excluding carboxylic acids is 1. The number of anilines is 1.